The number of anilines is 1. The van der Waals surface area contributed by atoms with E-state index in [9.17, 15) is 8.42 Å². The molecule has 0 saturated carbocycles. The summed E-state index contributed by atoms with van der Waals surface area (Å²) in [5.74, 6) is 0.492. The highest BCUT2D eigenvalue weighted by atomic mass is 35.5. The van der Waals surface area contributed by atoms with E-state index in [1.807, 2.05) is 6.07 Å². The van der Waals surface area contributed by atoms with E-state index in [0.29, 0.717) is 16.5 Å². The van der Waals surface area contributed by atoms with Gasteiger partial charge in [-0.25, -0.2) is 8.42 Å². The molecular weight excluding hydrogens is 312 g/mol. The Labute approximate surface area is 127 Å². The molecule has 0 fully saturated rings. The summed E-state index contributed by atoms with van der Waals surface area (Å²) in [6, 6.07) is 14.0. The van der Waals surface area contributed by atoms with E-state index in [1.165, 1.54) is 24.3 Å². The predicted octanol–water partition coefficient (Wildman–Crippen LogP) is 3.04. The van der Waals surface area contributed by atoms with E-state index in [-0.39, 0.29) is 11.5 Å². The molecule has 0 bridgehead atoms. The van der Waals surface area contributed by atoms with Gasteiger partial charge in [0.15, 0.2) is 6.61 Å². The van der Waals surface area contributed by atoms with Crippen molar-refractivity contribution >= 4 is 27.3 Å². The predicted molar refractivity (Wildman–Crippen MR) is 79.8 cm³/mol. The van der Waals surface area contributed by atoms with Crippen LogP contribution in [0.4, 0.5) is 5.69 Å². The van der Waals surface area contributed by atoms with Gasteiger partial charge in [0.1, 0.15) is 11.8 Å². The molecule has 2 aromatic carbocycles. The van der Waals surface area contributed by atoms with Crippen LogP contribution in [0.15, 0.2) is 53.4 Å². The fourth-order valence-electron chi connectivity index (χ4n) is 1.56. The third-order valence-electron chi connectivity index (χ3n) is 2.53. The first kappa shape index (κ1) is 15.2. The zero-order valence-corrected chi connectivity index (χ0v) is 12.4. The quantitative estimate of drug-likeness (QED) is 0.917. The first-order valence-corrected chi connectivity index (χ1v) is 7.75. The SMILES string of the molecule is N#CCOc1ccc(NS(=O)(=O)c2ccc(Cl)cc2)cc1. The molecule has 5 nitrogen and oxygen atoms in total. The van der Waals surface area contributed by atoms with Gasteiger partial charge >= 0.3 is 0 Å². The molecule has 0 heterocycles. The van der Waals surface area contributed by atoms with E-state index in [2.05, 4.69) is 4.72 Å². The summed E-state index contributed by atoms with van der Waals surface area (Å²) in [6.07, 6.45) is 0. The Balaban J connectivity index is 2.13. The third kappa shape index (κ3) is 4.12. The Morgan fingerprint density at radius 1 is 1.10 bits per heavy atom. The van der Waals surface area contributed by atoms with Crippen LogP contribution in [-0.4, -0.2) is 15.0 Å². The largest absolute Gasteiger partial charge is 0.479 e. The summed E-state index contributed by atoms with van der Waals surface area (Å²) in [4.78, 5) is 0.122. The van der Waals surface area contributed by atoms with Crippen LogP contribution >= 0.6 is 11.6 Å². The van der Waals surface area contributed by atoms with Crippen molar-refractivity contribution in [3.63, 3.8) is 0 Å². The molecule has 0 aliphatic carbocycles. The number of sulfonamides is 1. The van der Waals surface area contributed by atoms with Gasteiger partial charge in [0.05, 0.1) is 4.90 Å². The molecule has 0 atom stereocenters. The second kappa shape index (κ2) is 6.48. The molecule has 0 aliphatic heterocycles. The number of nitrogens with zero attached hydrogens (tertiary/aromatic N) is 1. The number of benzene rings is 2. The lowest BCUT2D eigenvalue weighted by Crippen LogP contribution is -2.12. The number of halogens is 1. The standard InChI is InChI=1S/C14H11ClN2O3S/c15-11-1-7-14(8-2-11)21(18,19)17-12-3-5-13(6-4-12)20-10-9-16/h1-8,17H,10H2. The Kier molecular flexibility index (Phi) is 4.68. The summed E-state index contributed by atoms with van der Waals surface area (Å²) < 4.78 is 31.8. The third-order valence-corrected chi connectivity index (χ3v) is 4.18. The number of rotatable bonds is 5. The molecule has 2 aromatic rings. The fraction of sp³-hybridized carbons (Fsp3) is 0.0714. The molecule has 2 rings (SSSR count). The molecule has 21 heavy (non-hydrogen) atoms. The normalized spacial score (nSPS) is 10.7. The second-order valence-electron chi connectivity index (χ2n) is 4.03. The van der Waals surface area contributed by atoms with Gasteiger partial charge in [-0.2, -0.15) is 5.26 Å². The highest BCUT2D eigenvalue weighted by Crippen LogP contribution is 2.20. The molecule has 1 N–H and O–H groups in total. The minimum atomic E-state index is -3.66. The molecule has 0 aliphatic rings. The van der Waals surface area contributed by atoms with Crippen molar-refractivity contribution in [2.24, 2.45) is 0 Å². The Morgan fingerprint density at radius 3 is 2.29 bits per heavy atom. The topological polar surface area (TPSA) is 79.2 Å². The van der Waals surface area contributed by atoms with Crippen molar-refractivity contribution in [2.45, 2.75) is 4.90 Å². The van der Waals surface area contributed by atoms with Crippen molar-refractivity contribution < 1.29 is 13.2 Å². The van der Waals surface area contributed by atoms with Gasteiger partial charge in [-0.3, -0.25) is 4.72 Å². The zero-order chi connectivity index (χ0) is 15.3. The molecular formula is C14H11ClN2O3S. The zero-order valence-electron chi connectivity index (χ0n) is 10.8. The molecule has 7 heteroatoms. The van der Waals surface area contributed by atoms with Crippen LogP contribution in [0.2, 0.25) is 5.02 Å². The molecule has 0 radical (unpaired) electrons. The van der Waals surface area contributed by atoms with E-state index >= 15 is 0 Å². The van der Waals surface area contributed by atoms with Gasteiger partial charge in [-0.15, -0.1) is 0 Å². The van der Waals surface area contributed by atoms with Crippen molar-refractivity contribution in [2.75, 3.05) is 11.3 Å². The highest BCUT2D eigenvalue weighted by molar-refractivity contribution is 7.92. The van der Waals surface area contributed by atoms with Gasteiger partial charge in [0, 0.05) is 10.7 Å². The monoisotopic (exact) mass is 322 g/mol. The summed E-state index contributed by atoms with van der Waals surface area (Å²) in [7, 11) is -3.66. The minimum absolute atomic E-state index is 0.0597. The highest BCUT2D eigenvalue weighted by Gasteiger charge is 2.13. The van der Waals surface area contributed by atoms with Crippen molar-refractivity contribution in [3.8, 4) is 11.8 Å². The van der Waals surface area contributed by atoms with Gasteiger partial charge in [-0.1, -0.05) is 11.6 Å². The van der Waals surface area contributed by atoms with Gasteiger partial charge in [-0.05, 0) is 48.5 Å². The van der Waals surface area contributed by atoms with Gasteiger partial charge in [0.2, 0.25) is 0 Å². The summed E-state index contributed by atoms with van der Waals surface area (Å²) in [5.41, 5.74) is 0.397. The lowest BCUT2D eigenvalue weighted by atomic mass is 10.3. The van der Waals surface area contributed by atoms with Crippen LogP contribution in [0.1, 0.15) is 0 Å². The van der Waals surface area contributed by atoms with Crippen LogP contribution in [0, 0.1) is 11.3 Å². The number of nitriles is 1. The van der Waals surface area contributed by atoms with Gasteiger partial charge < -0.3 is 4.74 Å². The number of nitrogens with one attached hydrogen (secondary N) is 1. The van der Waals surface area contributed by atoms with E-state index in [4.69, 9.17) is 21.6 Å². The van der Waals surface area contributed by atoms with Crippen LogP contribution in [-0.2, 0) is 10.0 Å². The molecule has 0 aromatic heterocycles. The molecule has 0 unspecified atom stereocenters. The Morgan fingerprint density at radius 2 is 1.71 bits per heavy atom. The summed E-state index contributed by atoms with van der Waals surface area (Å²) in [6.45, 7) is -0.0597. The average Bonchev–Trinajstić information content (AvgIpc) is 2.47. The van der Waals surface area contributed by atoms with E-state index in [1.54, 1.807) is 24.3 Å². The van der Waals surface area contributed by atoms with Crippen LogP contribution < -0.4 is 9.46 Å². The number of hydrogen-bond donors (Lipinski definition) is 1. The van der Waals surface area contributed by atoms with E-state index < -0.39 is 10.0 Å². The van der Waals surface area contributed by atoms with Crippen molar-refractivity contribution in [1.29, 1.82) is 5.26 Å². The fourth-order valence-corrected chi connectivity index (χ4v) is 2.75. The maximum absolute atomic E-state index is 12.1. The van der Waals surface area contributed by atoms with Crippen LogP contribution in [0.5, 0.6) is 5.75 Å². The lowest BCUT2D eigenvalue weighted by molar-refractivity contribution is 0.368. The lowest BCUT2D eigenvalue weighted by Gasteiger charge is -2.09. The number of ether oxygens (including phenoxy) is 1. The summed E-state index contributed by atoms with van der Waals surface area (Å²) >= 11 is 5.73. The smallest absolute Gasteiger partial charge is 0.261 e. The minimum Gasteiger partial charge on any atom is -0.479 e. The first-order valence-electron chi connectivity index (χ1n) is 5.89. The Hall–Kier alpha value is -2.23. The number of hydrogen-bond acceptors (Lipinski definition) is 4. The molecule has 0 spiro atoms. The first-order chi connectivity index (χ1) is 10.0. The van der Waals surface area contributed by atoms with Crippen LogP contribution in [0.3, 0.4) is 0 Å². The summed E-state index contributed by atoms with van der Waals surface area (Å²) in [5, 5.41) is 8.87. The maximum Gasteiger partial charge on any atom is 0.261 e. The molecule has 0 saturated heterocycles. The second-order valence-corrected chi connectivity index (χ2v) is 6.15. The van der Waals surface area contributed by atoms with E-state index in [0.717, 1.165) is 0 Å². The average molecular weight is 323 g/mol. The van der Waals surface area contributed by atoms with Crippen LogP contribution in [0.25, 0.3) is 0 Å². The molecule has 108 valence electrons. The molecule has 0 amide bonds. The maximum atomic E-state index is 12.1. The van der Waals surface area contributed by atoms with Crippen molar-refractivity contribution in [1.82, 2.24) is 0 Å². The van der Waals surface area contributed by atoms with Gasteiger partial charge in [0.25, 0.3) is 10.0 Å². The van der Waals surface area contributed by atoms with Crippen molar-refractivity contribution in [3.05, 3.63) is 53.6 Å². The Bertz CT molecular complexity index is 750.